The highest BCUT2D eigenvalue weighted by Gasteiger charge is 2.33. The number of carbonyl (C=O) groups is 1. The molecule has 0 radical (unpaired) electrons. The molecule has 0 unspecified atom stereocenters. The van der Waals surface area contributed by atoms with Gasteiger partial charge in [0.15, 0.2) is 0 Å². The SMILES string of the molecule is CC(C)c1cccc(NS(=O)(=O)N2CCOC2=O)n1. The van der Waals surface area contributed by atoms with Crippen molar-refractivity contribution in [1.82, 2.24) is 9.29 Å². The van der Waals surface area contributed by atoms with Gasteiger partial charge in [-0.3, -0.25) is 0 Å². The first-order valence-corrected chi connectivity index (χ1v) is 7.28. The van der Waals surface area contributed by atoms with Crippen LogP contribution in [0, 0.1) is 0 Å². The molecule has 2 rings (SSSR count). The smallest absolute Gasteiger partial charge is 0.425 e. The van der Waals surface area contributed by atoms with Crippen molar-refractivity contribution in [2.45, 2.75) is 19.8 Å². The van der Waals surface area contributed by atoms with Crippen LogP contribution >= 0.6 is 0 Å². The first-order valence-electron chi connectivity index (χ1n) is 5.84. The monoisotopic (exact) mass is 285 g/mol. The Morgan fingerprint density at radius 2 is 2.16 bits per heavy atom. The lowest BCUT2D eigenvalue weighted by atomic mass is 10.1. The summed E-state index contributed by atoms with van der Waals surface area (Å²) in [4.78, 5) is 15.4. The summed E-state index contributed by atoms with van der Waals surface area (Å²) >= 11 is 0. The zero-order chi connectivity index (χ0) is 14.0. The number of cyclic esters (lactones) is 1. The third kappa shape index (κ3) is 2.95. The van der Waals surface area contributed by atoms with Gasteiger partial charge >= 0.3 is 16.3 Å². The summed E-state index contributed by atoms with van der Waals surface area (Å²) in [6, 6.07) is 5.06. The van der Waals surface area contributed by atoms with Crippen LogP contribution < -0.4 is 4.72 Å². The normalized spacial score (nSPS) is 15.7. The van der Waals surface area contributed by atoms with Gasteiger partial charge in [0, 0.05) is 5.69 Å². The molecule has 1 aromatic rings. The van der Waals surface area contributed by atoms with Crippen LogP contribution in [0.4, 0.5) is 10.6 Å². The van der Waals surface area contributed by atoms with Gasteiger partial charge < -0.3 is 4.74 Å². The van der Waals surface area contributed by atoms with E-state index in [1.807, 2.05) is 19.9 Å². The summed E-state index contributed by atoms with van der Waals surface area (Å²) in [5.74, 6) is 0.368. The van der Waals surface area contributed by atoms with Crippen molar-refractivity contribution >= 4 is 22.1 Å². The highest BCUT2D eigenvalue weighted by atomic mass is 32.2. The molecule has 7 nitrogen and oxygen atoms in total. The standard InChI is InChI=1S/C11H15N3O4S/c1-8(2)9-4-3-5-10(12-9)13-19(16,17)14-6-7-18-11(14)15/h3-5,8H,6-7H2,1-2H3,(H,12,13). The van der Waals surface area contributed by atoms with E-state index in [1.165, 1.54) is 6.07 Å². The molecule has 19 heavy (non-hydrogen) atoms. The molecule has 1 fully saturated rings. The first-order chi connectivity index (χ1) is 8.90. The molecule has 0 spiro atoms. The fourth-order valence-electron chi connectivity index (χ4n) is 1.61. The van der Waals surface area contributed by atoms with Crippen molar-refractivity contribution in [3.8, 4) is 0 Å². The van der Waals surface area contributed by atoms with Gasteiger partial charge in [0.1, 0.15) is 12.4 Å². The molecule has 1 saturated heterocycles. The Morgan fingerprint density at radius 1 is 1.42 bits per heavy atom. The van der Waals surface area contributed by atoms with Crippen molar-refractivity contribution in [3.05, 3.63) is 23.9 Å². The van der Waals surface area contributed by atoms with Gasteiger partial charge in [-0.15, -0.1) is 0 Å². The van der Waals surface area contributed by atoms with E-state index in [0.717, 1.165) is 5.69 Å². The van der Waals surface area contributed by atoms with Crippen LogP contribution in [0.25, 0.3) is 0 Å². The van der Waals surface area contributed by atoms with Crippen LogP contribution in [-0.2, 0) is 14.9 Å². The molecule has 104 valence electrons. The summed E-state index contributed by atoms with van der Waals surface area (Å²) < 4.78 is 31.5. The molecule has 0 aliphatic carbocycles. The van der Waals surface area contributed by atoms with Gasteiger partial charge in [0.25, 0.3) is 0 Å². The number of nitrogens with one attached hydrogen (secondary N) is 1. The minimum Gasteiger partial charge on any atom is -0.447 e. The van der Waals surface area contributed by atoms with E-state index in [4.69, 9.17) is 0 Å². The summed E-state index contributed by atoms with van der Waals surface area (Å²) in [6.45, 7) is 3.99. The number of rotatable bonds is 4. The molecular formula is C11H15N3O4S. The zero-order valence-corrected chi connectivity index (χ0v) is 11.5. The number of anilines is 1. The van der Waals surface area contributed by atoms with Crippen molar-refractivity contribution in [2.75, 3.05) is 17.9 Å². The number of amides is 1. The fourth-order valence-corrected chi connectivity index (χ4v) is 2.67. The Morgan fingerprint density at radius 3 is 2.74 bits per heavy atom. The highest BCUT2D eigenvalue weighted by Crippen LogP contribution is 2.17. The van der Waals surface area contributed by atoms with E-state index < -0.39 is 16.3 Å². The van der Waals surface area contributed by atoms with E-state index in [1.54, 1.807) is 6.07 Å². The zero-order valence-electron chi connectivity index (χ0n) is 10.7. The average molecular weight is 285 g/mol. The van der Waals surface area contributed by atoms with Crippen LogP contribution in [0.5, 0.6) is 0 Å². The quantitative estimate of drug-likeness (QED) is 0.901. The molecule has 0 aromatic carbocycles. The number of aromatic nitrogens is 1. The van der Waals surface area contributed by atoms with Crippen molar-refractivity contribution in [2.24, 2.45) is 0 Å². The van der Waals surface area contributed by atoms with E-state index in [-0.39, 0.29) is 24.9 Å². The van der Waals surface area contributed by atoms with Gasteiger partial charge in [0.2, 0.25) is 0 Å². The maximum Gasteiger partial charge on any atom is 0.425 e. The third-order valence-electron chi connectivity index (χ3n) is 2.61. The molecule has 1 amide bonds. The van der Waals surface area contributed by atoms with Crippen LogP contribution in [0.2, 0.25) is 0 Å². The van der Waals surface area contributed by atoms with Crippen molar-refractivity contribution < 1.29 is 17.9 Å². The topological polar surface area (TPSA) is 88.6 Å². The van der Waals surface area contributed by atoms with Crippen molar-refractivity contribution in [3.63, 3.8) is 0 Å². The summed E-state index contributed by atoms with van der Waals surface area (Å²) in [5, 5.41) is 0. The maximum absolute atomic E-state index is 12.0. The molecule has 1 aliphatic rings. The van der Waals surface area contributed by atoms with Crippen molar-refractivity contribution in [1.29, 1.82) is 0 Å². The third-order valence-corrected chi connectivity index (χ3v) is 3.99. The molecule has 0 bridgehead atoms. The number of nitrogens with zero attached hydrogens (tertiary/aromatic N) is 2. The minimum absolute atomic E-state index is 0.0119. The van der Waals surface area contributed by atoms with Crippen LogP contribution in [0.15, 0.2) is 18.2 Å². The second kappa shape index (κ2) is 5.04. The summed E-state index contributed by atoms with van der Waals surface area (Å²) in [7, 11) is -3.96. The lowest BCUT2D eigenvalue weighted by Crippen LogP contribution is -2.36. The molecule has 1 aromatic heterocycles. The summed E-state index contributed by atoms with van der Waals surface area (Å²) in [5.41, 5.74) is 0.768. The maximum atomic E-state index is 12.0. The van der Waals surface area contributed by atoms with Crippen LogP contribution in [0.1, 0.15) is 25.5 Å². The number of carbonyl (C=O) groups excluding carboxylic acids is 1. The number of ether oxygens (including phenoxy) is 1. The number of hydrogen-bond acceptors (Lipinski definition) is 5. The molecule has 1 N–H and O–H groups in total. The first kappa shape index (κ1) is 13.6. The molecule has 0 atom stereocenters. The van der Waals surface area contributed by atoms with Crippen LogP contribution in [0.3, 0.4) is 0 Å². The lowest BCUT2D eigenvalue weighted by Gasteiger charge is -2.15. The second-order valence-corrected chi connectivity index (χ2v) is 5.99. The van der Waals surface area contributed by atoms with Gasteiger partial charge in [-0.25, -0.2) is 14.5 Å². The Hall–Kier alpha value is -1.83. The molecule has 1 aliphatic heterocycles. The largest absolute Gasteiger partial charge is 0.447 e. The van der Waals surface area contributed by atoms with Gasteiger partial charge in [-0.1, -0.05) is 19.9 Å². The second-order valence-electron chi connectivity index (χ2n) is 4.40. The van der Waals surface area contributed by atoms with Gasteiger partial charge in [-0.05, 0) is 18.1 Å². The predicted octanol–water partition coefficient (Wildman–Crippen LogP) is 1.31. The number of hydrogen-bond donors (Lipinski definition) is 1. The Bertz CT molecular complexity index is 585. The Kier molecular flexibility index (Phi) is 3.61. The average Bonchev–Trinajstić information content (AvgIpc) is 2.76. The van der Waals surface area contributed by atoms with Gasteiger partial charge in [-0.2, -0.15) is 12.7 Å². The summed E-state index contributed by atoms with van der Waals surface area (Å²) in [6.07, 6.45) is -0.868. The highest BCUT2D eigenvalue weighted by molar-refractivity contribution is 7.90. The van der Waals surface area contributed by atoms with E-state index in [2.05, 4.69) is 14.4 Å². The van der Waals surface area contributed by atoms with E-state index >= 15 is 0 Å². The molecule has 2 heterocycles. The molecule has 0 saturated carbocycles. The Balaban J connectivity index is 2.20. The predicted molar refractivity (Wildman–Crippen MR) is 68.9 cm³/mol. The number of pyridine rings is 1. The van der Waals surface area contributed by atoms with Gasteiger partial charge in [0.05, 0.1) is 6.54 Å². The fraction of sp³-hybridized carbons (Fsp3) is 0.455. The molecular weight excluding hydrogens is 270 g/mol. The van der Waals surface area contributed by atoms with Crippen LogP contribution in [-0.4, -0.2) is 37.0 Å². The lowest BCUT2D eigenvalue weighted by molar-refractivity contribution is 0.170. The minimum atomic E-state index is -3.96. The molecule has 8 heteroatoms. The Labute approximate surface area is 111 Å². The van der Waals surface area contributed by atoms with E-state index in [9.17, 15) is 13.2 Å². The van der Waals surface area contributed by atoms with E-state index in [0.29, 0.717) is 4.31 Å².